The van der Waals surface area contributed by atoms with Crippen molar-refractivity contribution in [1.29, 1.82) is 0 Å². The topological polar surface area (TPSA) is 92.2 Å². The summed E-state index contributed by atoms with van der Waals surface area (Å²) in [4.78, 5) is 31.9. The van der Waals surface area contributed by atoms with Crippen LogP contribution in [0.2, 0.25) is 0 Å². The van der Waals surface area contributed by atoms with E-state index in [0.717, 1.165) is 60.5 Å². The maximum Gasteiger partial charge on any atom is 0.324 e. The standard InChI is InChI=1S/C34H40N6O2/c1-24-8-10-29(11-9-24)40-32(22-31(38-40)34(2,3)4)37-33(42)36-28-7-5-6-26(21-28)20-25-14-18-39(19-15-25)23-30(41)27-12-16-35-17-13-27/h5-13,16-17,21-22,25H,14-15,18-20,23H2,1-4H3,(H2,36,37,42). The normalized spacial score (nSPS) is 14.5. The number of nitrogens with one attached hydrogen (secondary N) is 2. The maximum atomic E-state index is 13.1. The van der Waals surface area contributed by atoms with Crippen LogP contribution in [0.25, 0.3) is 5.69 Å². The Balaban J connectivity index is 1.17. The molecular weight excluding hydrogens is 524 g/mol. The van der Waals surface area contributed by atoms with Crippen LogP contribution in [0.1, 0.15) is 60.8 Å². The summed E-state index contributed by atoms with van der Waals surface area (Å²) < 4.78 is 1.78. The Kier molecular flexibility index (Phi) is 8.83. The lowest BCUT2D eigenvalue weighted by Crippen LogP contribution is -2.37. The first-order chi connectivity index (χ1) is 20.1. The van der Waals surface area contributed by atoms with Gasteiger partial charge in [0.2, 0.25) is 0 Å². The summed E-state index contributed by atoms with van der Waals surface area (Å²) in [6.07, 6.45) is 6.35. The van der Waals surface area contributed by atoms with E-state index in [9.17, 15) is 9.59 Å². The molecule has 1 fully saturated rings. The van der Waals surface area contributed by atoms with E-state index < -0.39 is 0 Å². The Labute approximate surface area is 248 Å². The van der Waals surface area contributed by atoms with Crippen molar-refractivity contribution in [3.8, 4) is 5.69 Å². The van der Waals surface area contributed by atoms with E-state index in [0.29, 0.717) is 18.3 Å². The van der Waals surface area contributed by atoms with Gasteiger partial charge in [0.25, 0.3) is 0 Å². The summed E-state index contributed by atoms with van der Waals surface area (Å²) in [7, 11) is 0. The highest BCUT2D eigenvalue weighted by atomic mass is 16.2. The number of pyridine rings is 1. The van der Waals surface area contributed by atoms with Crippen LogP contribution in [0.4, 0.5) is 16.3 Å². The van der Waals surface area contributed by atoms with Gasteiger partial charge in [-0.2, -0.15) is 5.10 Å². The van der Waals surface area contributed by atoms with Gasteiger partial charge in [0, 0.05) is 35.1 Å². The molecule has 2 aromatic carbocycles. The zero-order valence-corrected chi connectivity index (χ0v) is 24.9. The summed E-state index contributed by atoms with van der Waals surface area (Å²) in [5, 5.41) is 10.8. The van der Waals surface area contributed by atoms with Gasteiger partial charge in [-0.25, -0.2) is 9.48 Å². The number of amides is 2. The van der Waals surface area contributed by atoms with Gasteiger partial charge >= 0.3 is 6.03 Å². The van der Waals surface area contributed by atoms with Gasteiger partial charge in [-0.15, -0.1) is 0 Å². The lowest BCUT2D eigenvalue weighted by atomic mass is 9.90. The third-order valence-electron chi connectivity index (χ3n) is 7.78. The molecule has 218 valence electrons. The van der Waals surface area contributed by atoms with Crippen LogP contribution in [0.3, 0.4) is 0 Å². The molecule has 1 saturated heterocycles. The fourth-order valence-electron chi connectivity index (χ4n) is 5.29. The monoisotopic (exact) mass is 564 g/mol. The molecule has 8 heteroatoms. The van der Waals surface area contributed by atoms with E-state index >= 15 is 0 Å². The third-order valence-corrected chi connectivity index (χ3v) is 7.78. The zero-order chi connectivity index (χ0) is 29.7. The Morgan fingerprint density at radius 1 is 0.929 bits per heavy atom. The number of carbonyl (C=O) groups excluding carboxylic acids is 2. The molecule has 0 atom stereocenters. The SMILES string of the molecule is Cc1ccc(-n2nc(C(C)(C)C)cc2NC(=O)Nc2cccc(CC3CCN(CC(=O)c4ccncc4)CC3)c2)cc1. The van der Waals surface area contributed by atoms with Crippen molar-refractivity contribution in [1.82, 2.24) is 19.7 Å². The molecule has 1 aliphatic rings. The number of hydrogen-bond donors (Lipinski definition) is 2. The number of carbonyl (C=O) groups is 2. The lowest BCUT2D eigenvalue weighted by molar-refractivity contribution is 0.0895. The number of urea groups is 1. The second-order valence-corrected chi connectivity index (χ2v) is 12.3. The van der Waals surface area contributed by atoms with Gasteiger partial charge < -0.3 is 5.32 Å². The minimum absolute atomic E-state index is 0.143. The van der Waals surface area contributed by atoms with Crippen LogP contribution in [-0.2, 0) is 11.8 Å². The first-order valence-corrected chi connectivity index (χ1v) is 14.6. The van der Waals surface area contributed by atoms with Crippen molar-refractivity contribution in [2.24, 2.45) is 5.92 Å². The predicted octanol–water partition coefficient (Wildman–Crippen LogP) is 6.65. The van der Waals surface area contributed by atoms with Crippen LogP contribution in [0.5, 0.6) is 0 Å². The van der Waals surface area contributed by atoms with Crippen LogP contribution in [-0.4, -0.2) is 51.1 Å². The van der Waals surface area contributed by atoms with Crippen molar-refractivity contribution >= 4 is 23.3 Å². The molecule has 42 heavy (non-hydrogen) atoms. The Morgan fingerprint density at radius 2 is 1.64 bits per heavy atom. The molecule has 4 aromatic rings. The average Bonchev–Trinajstić information content (AvgIpc) is 3.39. The Hall–Kier alpha value is -4.30. The fraction of sp³-hybridized carbons (Fsp3) is 0.353. The Morgan fingerprint density at radius 3 is 2.33 bits per heavy atom. The number of nitrogens with zero attached hydrogens (tertiary/aromatic N) is 4. The average molecular weight is 565 g/mol. The van der Waals surface area contributed by atoms with Gasteiger partial charge in [0.05, 0.1) is 17.9 Å². The highest BCUT2D eigenvalue weighted by molar-refractivity contribution is 5.99. The first kappa shape index (κ1) is 29.2. The summed E-state index contributed by atoms with van der Waals surface area (Å²) in [5.41, 5.74) is 5.45. The van der Waals surface area contributed by atoms with Crippen LogP contribution in [0.15, 0.2) is 79.1 Å². The van der Waals surface area contributed by atoms with Crippen molar-refractivity contribution in [3.63, 3.8) is 0 Å². The number of benzene rings is 2. The highest BCUT2D eigenvalue weighted by Gasteiger charge is 2.23. The molecule has 1 aliphatic heterocycles. The van der Waals surface area contributed by atoms with Gasteiger partial charge in [-0.1, -0.05) is 50.6 Å². The van der Waals surface area contributed by atoms with Crippen molar-refractivity contribution < 1.29 is 9.59 Å². The molecule has 0 bridgehead atoms. The molecule has 3 heterocycles. The number of ketones is 1. The van der Waals surface area contributed by atoms with Crippen LogP contribution < -0.4 is 10.6 Å². The van der Waals surface area contributed by atoms with Crippen molar-refractivity contribution in [2.45, 2.75) is 52.4 Å². The zero-order valence-electron chi connectivity index (χ0n) is 24.9. The van der Waals surface area contributed by atoms with Gasteiger partial charge in [-0.3, -0.25) is 20.0 Å². The van der Waals surface area contributed by atoms with Crippen molar-refractivity contribution in [3.05, 3.63) is 102 Å². The molecule has 0 aliphatic carbocycles. The minimum Gasteiger partial charge on any atom is -0.308 e. The molecule has 0 saturated carbocycles. The summed E-state index contributed by atoms with van der Waals surface area (Å²) in [5.74, 6) is 1.30. The quantitative estimate of drug-likeness (QED) is 0.234. The van der Waals surface area contributed by atoms with Crippen molar-refractivity contribution in [2.75, 3.05) is 30.3 Å². The summed E-state index contributed by atoms with van der Waals surface area (Å²) in [6.45, 7) is 10.6. The minimum atomic E-state index is -0.312. The number of likely N-dealkylation sites (tertiary alicyclic amines) is 1. The lowest BCUT2D eigenvalue weighted by Gasteiger charge is -2.31. The second kappa shape index (κ2) is 12.7. The molecule has 0 radical (unpaired) electrons. The molecule has 0 spiro atoms. The number of piperidine rings is 1. The molecule has 5 rings (SSSR count). The fourth-order valence-corrected chi connectivity index (χ4v) is 5.29. The number of anilines is 2. The molecule has 0 unspecified atom stereocenters. The highest BCUT2D eigenvalue weighted by Crippen LogP contribution is 2.27. The smallest absolute Gasteiger partial charge is 0.308 e. The molecule has 8 nitrogen and oxygen atoms in total. The maximum absolute atomic E-state index is 13.1. The van der Waals surface area contributed by atoms with E-state index in [1.807, 2.05) is 49.4 Å². The number of Topliss-reactive ketones (excluding diaryl/α,β-unsaturated/α-hetero) is 1. The first-order valence-electron chi connectivity index (χ1n) is 14.6. The largest absolute Gasteiger partial charge is 0.324 e. The van der Waals surface area contributed by atoms with Gasteiger partial charge in [-0.05, 0) is 87.2 Å². The van der Waals surface area contributed by atoms with E-state index in [2.05, 4.69) is 53.4 Å². The molecule has 2 amide bonds. The second-order valence-electron chi connectivity index (χ2n) is 12.3. The predicted molar refractivity (Wildman–Crippen MR) is 168 cm³/mol. The Bertz CT molecular complexity index is 1510. The van der Waals surface area contributed by atoms with Crippen LogP contribution >= 0.6 is 0 Å². The van der Waals surface area contributed by atoms with E-state index in [-0.39, 0.29) is 17.2 Å². The van der Waals surface area contributed by atoms with Gasteiger partial charge in [0.15, 0.2) is 5.78 Å². The number of rotatable bonds is 8. The summed E-state index contributed by atoms with van der Waals surface area (Å²) >= 11 is 0. The molecular formula is C34H40N6O2. The number of aryl methyl sites for hydroxylation is 1. The van der Waals surface area contributed by atoms with Crippen LogP contribution in [0, 0.1) is 12.8 Å². The third kappa shape index (κ3) is 7.50. The molecule has 2 aromatic heterocycles. The van der Waals surface area contributed by atoms with E-state index in [1.54, 1.807) is 29.2 Å². The molecule has 2 N–H and O–H groups in total. The number of hydrogen-bond acceptors (Lipinski definition) is 5. The summed E-state index contributed by atoms with van der Waals surface area (Å²) in [6, 6.07) is 21.3. The van der Waals surface area contributed by atoms with E-state index in [1.165, 1.54) is 5.56 Å². The van der Waals surface area contributed by atoms with E-state index in [4.69, 9.17) is 5.10 Å². The van der Waals surface area contributed by atoms with Gasteiger partial charge in [0.1, 0.15) is 5.82 Å². The number of aromatic nitrogens is 3.